The first-order valence-electron chi connectivity index (χ1n) is 9.49. The van der Waals surface area contributed by atoms with Gasteiger partial charge in [0.15, 0.2) is 0 Å². The second-order valence-electron chi connectivity index (χ2n) is 7.07. The molecule has 2 amide bonds. The number of rotatable bonds is 3. The van der Waals surface area contributed by atoms with Crippen molar-refractivity contribution in [2.45, 2.75) is 24.9 Å². The van der Waals surface area contributed by atoms with Crippen molar-refractivity contribution in [2.75, 3.05) is 18.4 Å². The zero-order chi connectivity index (χ0) is 21.1. The number of benzene rings is 1. The third-order valence-electron chi connectivity index (χ3n) is 5.09. The largest absolute Gasteiger partial charge is 0.416 e. The van der Waals surface area contributed by atoms with Crippen LogP contribution in [-0.4, -0.2) is 34.0 Å². The van der Waals surface area contributed by atoms with Gasteiger partial charge in [0.25, 0.3) is 0 Å². The SMILES string of the molecule is O=C(Nc1ccc(C(F)(F)F)cc1)N1CCC(c2nc(-c3ccncc3)cs2)CC1. The molecule has 4 rings (SSSR count). The van der Waals surface area contributed by atoms with Gasteiger partial charge in [0, 0.05) is 48.0 Å². The first-order chi connectivity index (χ1) is 14.4. The number of halogens is 3. The molecule has 1 aromatic carbocycles. The van der Waals surface area contributed by atoms with Gasteiger partial charge in [0.2, 0.25) is 0 Å². The van der Waals surface area contributed by atoms with Crippen LogP contribution in [-0.2, 0) is 6.18 Å². The van der Waals surface area contributed by atoms with E-state index in [1.165, 1.54) is 12.1 Å². The Labute approximate surface area is 175 Å². The summed E-state index contributed by atoms with van der Waals surface area (Å²) in [6, 6.07) is 8.01. The molecule has 1 aliphatic rings. The summed E-state index contributed by atoms with van der Waals surface area (Å²) in [5.41, 5.74) is 1.56. The van der Waals surface area contributed by atoms with E-state index < -0.39 is 11.7 Å². The predicted molar refractivity (Wildman–Crippen MR) is 109 cm³/mol. The van der Waals surface area contributed by atoms with Crippen molar-refractivity contribution in [1.29, 1.82) is 0 Å². The summed E-state index contributed by atoms with van der Waals surface area (Å²) in [4.78, 5) is 22.9. The lowest BCUT2D eigenvalue weighted by atomic mass is 9.98. The van der Waals surface area contributed by atoms with Gasteiger partial charge in [-0.05, 0) is 49.2 Å². The van der Waals surface area contributed by atoms with Crippen LogP contribution in [0.3, 0.4) is 0 Å². The van der Waals surface area contributed by atoms with E-state index in [0.29, 0.717) is 24.7 Å². The van der Waals surface area contributed by atoms with Crippen molar-refractivity contribution < 1.29 is 18.0 Å². The number of carbonyl (C=O) groups excluding carboxylic acids is 1. The van der Waals surface area contributed by atoms with E-state index >= 15 is 0 Å². The zero-order valence-electron chi connectivity index (χ0n) is 15.9. The highest BCUT2D eigenvalue weighted by Gasteiger charge is 2.30. The van der Waals surface area contributed by atoms with Crippen LogP contribution in [0, 0.1) is 0 Å². The average molecular weight is 432 g/mol. The third kappa shape index (κ3) is 4.62. The molecule has 0 unspecified atom stereocenters. The first kappa shape index (κ1) is 20.3. The van der Waals surface area contributed by atoms with Gasteiger partial charge in [-0.25, -0.2) is 9.78 Å². The fourth-order valence-electron chi connectivity index (χ4n) is 3.40. The highest BCUT2D eigenvalue weighted by atomic mass is 32.1. The van der Waals surface area contributed by atoms with E-state index in [1.807, 2.05) is 17.5 Å². The van der Waals surface area contributed by atoms with E-state index in [9.17, 15) is 18.0 Å². The third-order valence-corrected chi connectivity index (χ3v) is 6.10. The summed E-state index contributed by atoms with van der Waals surface area (Å²) in [7, 11) is 0. The molecule has 1 saturated heterocycles. The molecule has 0 atom stereocenters. The Morgan fingerprint density at radius 2 is 1.73 bits per heavy atom. The van der Waals surface area contributed by atoms with Gasteiger partial charge in [-0.3, -0.25) is 4.98 Å². The highest BCUT2D eigenvalue weighted by molar-refractivity contribution is 7.10. The summed E-state index contributed by atoms with van der Waals surface area (Å²) in [5, 5.41) is 5.77. The zero-order valence-corrected chi connectivity index (χ0v) is 16.7. The van der Waals surface area contributed by atoms with Crippen LogP contribution in [0.25, 0.3) is 11.3 Å². The number of nitrogens with zero attached hydrogens (tertiary/aromatic N) is 3. The van der Waals surface area contributed by atoms with E-state index in [1.54, 1.807) is 28.6 Å². The number of pyridine rings is 1. The number of carbonyl (C=O) groups is 1. The molecule has 0 aliphatic carbocycles. The predicted octanol–water partition coefficient (Wildman–Crippen LogP) is 5.64. The smallest absolute Gasteiger partial charge is 0.324 e. The molecule has 2 aromatic heterocycles. The van der Waals surface area contributed by atoms with E-state index in [-0.39, 0.29) is 6.03 Å². The number of hydrogen-bond acceptors (Lipinski definition) is 4. The van der Waals surface area contributed by atoms with E-state index in [0.717, 1.165) is 41.2 Å². The Balaban J connectivity index is 1.32. The number of amides is 2. The number of urea groups is 1. The van der Waals surface area contributed by atoms with Crippen LogP contribution < -0.4 is 5.32 Å². The maximum absolute atomic E-state index is 12.6. The first-order valence-corrected chi connectivity index (χ1v) is 10.4. The summed E-state index contributed by atoms with van der Waals surface area (Å²) in [6.07, 6.45) is 0.676. The molecule has 0 saturated carbocycles. The summed E-state index contributed by atoms with van der Waals surface area (Å²) in [6.45, 7) is 1.14. The Morgan fingerprint density at radius 1 is 1.07 bits per heavy atom. The molecule has 30 heavy (non-hydrogen) atoms. The summed E-state index contributed by atoms with van der Waals surface area (Å²) in [5.74, 6) is 0.292. The van der Waals surface area contributed by atoms with Crippen LogP contribution in [0.1, 0.15) is 29.3 Å². The van der Waals surface area contributed by atoms with Gasteiger partial charge in [-0.2, -0.15) is 13.2 Å². The van der Waals surface area contributed by atoms with Gasteiger partial charge in [0.1, 0.15) is 0 Å². The minimum atomic E-state index is -4.39. The molecule has 1 aliphatic heterocycles. The van der Waals surface area contributed by atoms with Crippen LogP contribution in [0.15, 0.2) is 54.2 Å². The maximum atomic E-state index is 12.6. The van der Waals surface area contributed by atoms with Gasteiger partial charge < -0.3 is 10.2 Å². The number of piperidine rings is 1. The average Bonchev–Trinajstić information content (AvgIpc) is 3.24. The van der Waals surface area contributed by atoms with Crippen LogP contribution in [0.5, 0.6) is 0 Å². The molecule has 9 heteroatoms. The molecule has 3 heterocycles. The number of nitrogens with one attached hydrogen (secondary N) is 1. The monoisotopic (exact) mass is 432 g/mol. The Kier molecular flexibility index (Phi) is 5.72. The van der Waals surface area contributed by atoms with Gasteiger partial charge >= 0.3 is 12.2 Å². The fourth-order valence-corrected chi connectivity index (χ4v) is 4.41. The van der Waals surface area contributed by atoms with Crippen molar-refractivity contribution in [2.24, 2.45) is 0 Å². The number of alkyl halides is 3. The van der Waals surface area contributed by atoms with Crippen LogP contribution in [0.4, 0.5) is 23.7 Å². The summed E-state index contributed by atoms with van der Waals surface area (Å²) < 4.78 is 37.9. The Hall–Kier alpha value is -2.94. The highest BCUT2D eigenvalue weighted by Crippen LogP contribution is 2.33. The van der Waals surface area contributed by atoms with Crippen LogP contribution in [0.2, 0.25) is 0 Å². The van der Waals surface area contributed by atoms with Gasteiger partial charge in [-0.1, -0.05) is 0 Å². The quantitative estimate of drug-likeness (QED) is 0.583. The molecule has 5 nitrogen and oxygen atoms in total. The number of thiazole rings is 1. The topological polar surface area (TPSA) is 58.1 Å². The molecule has 156 valence electrons. The molecule has 1 N–H and O–H groups in total. The summed E-state index contributed by atoms with van der Waals surface area (Å²) >= 11 is 1.62. The molecular weight excluding hydrogens is 413 g/mol. The van der Waals surface area contributed by atoms with Crippen LogP contribution >= 0.6 is 11.3 Å². The Bertz CT molecular complexity index is 997. The Morgan fingerprint density at radius 3 is 2.37 bits per heavy atom. The van der Waals surface area contributed by atoms with Crippen molar-refractivity contribution in [3.63, 3.8) is 0 Å². The molecule has 0 radical (unpaired) electrons. The molecule has 1 fully saturated rings. The number of hydrogen-bond donors (Lipinski definition) is 1. The lowest BCUT2D eigenvalue weighted by Crippen LogP contribution is -2.40. The van der Waals surface area contributed by atoms with Crippen molar-refractivity contribution in [3.05, 3.63) is 64.7 Å². The second-order valence-corrected chi connectivity index (χ2v) is 7.96. The van der Waals surface area contributed by atoms with Crippen molar-refractivity contribution >= 4 is 23.1 Å². The number of likely N-dealkylation sites (tertiary alicyclic amines) is 1. The molecule has 0 bridgehead atoms. The molecule has 3 aromatic rings. The standard InChI is InChI=1S/C21H19F3N4OS/c22-21(23,24)16-1-3-17(4-2-16)26-20(29)28-11-7-15(8-12-28)19-27-18(13-30-19)14-5-9-25-10-6-14/h1-6,9-10,13,15H,7-8,11-12H2,(H,26,29). The van der Waals surface area contributed by atoms with E-state index in [4.69, 9.17) is 4.98 Å². The fraction of sp³-hybridized carbons (Fsp3) is 0.286. The number of aromatic nitrogens is 2. The second kappa shape index (κ2) is 8.43. The number of anilines is 1. The normalized spacial score (nSPS) is 15.2. The van der Waals surface area contributed by atoms with Gasteiger partial charge in [0.05, 0.1) is 16.3 Å². The van der Waals surface area contributed by atoms with Crippen molar-refractivity contribution in [1.82, 2.24) is 14.9 Å². The maximum Gasteiger partial charge on any atom is 0.416 e. The minimum absolute atomic E-state index is 0.292. The minimum Gasteiger partial charge on any atom is -0.324 e. The lowest BCUT2D eigenvalue weighted by Gasteiger charge is -2.31. The van der Waals surface area contributed by atoms with E-state index in [2.05, 4.69) is 10.3 Å². The van der Waals surface area contributed by atoms with Crippen molar-refractivity contribution in [3.8, 4) is 11.3 Å². The van der Waals surface area contributed by atoms with Gasteiger partial charge in [-0.15, -0.1) is 11.3 Å². The lowest BCUT2D eigenvalue weighted by molar-refractivity contribution is -0.137. The molecule has 0 spiro atoms. The molecular formula is C21H19F3N4OS.